The van der Waals surface area contributed by atoms with Crippen molar-refractivity contribution in [2.45, 2.75) is 52.6 Å². The predicted octanol–water partition coefficient (Wildman–Crippen LogP) is 6.01. The lowest BCUT2D eigenvalue weighted by atomic mass is 10.1. The quantitative estimate of drug-likeness (QED) is 0.312. The van der Waals surface area contributed by atoms with E-state index in [-0.39, 0.29) is 18.4 Å². The molecule has 0 aliphatic rings. The number of rotatable bonds is 11. The van der Waals surface area contributed by atoms with Crippen molar-refractivity contribution in [1.29, 1.82) is 0 Å². The standard InChI is InChI=1S/C28H33BrN2O3/c1-4-6-16-30-28(33)24(5-2)31(18-21-11-9-10-20(3)17-21)26(32)19-34-25-15-14-22-12-7-8-13-23(22)27(25)29/h7-15,17,24H,4-6,16,18-19H2,1-3H3,(H,30,33)/t24-/m0/s1. The summed E-state index contributed by atoms with van der Waals surface area (Å²) in [6.45, 7) is 6.84. The van der Waals surface area contributed by atoms with E-state index in [1.165, 1.54) is 0 Å². The van der Waals surface area contributed by atoms with Crippen LogP contribution in [-0.2, 0) is 16.1 Å². The number of nitrogens with one attached hydrogen (secondary N) is 1. The van der Waals surface area contributed by atoms with Gasteiger partial charge in [-0.3, -0.25) is 9.59 Å². The van der Waals surface area contributed by atoms with E-state index in [9.17, 15) is 9.59 Å². The van der Waals surface area contributed by atoms with Crippen LogP contribution in [0.3, 0.4) is 0 Å². The Kier molecular flexibility index (Phi) is 9.52. The molecule has 0 heterocycles. The van der Waals surface area contributed by atoms with Gasteiger partial charge in [-0.2, -0.15) is 0 Å². The molecule has 0 spiro atoms. The molecule has 6 heteroatoms. The van der Waals surface area contributed by atoms with Crippen LogP contribution in [0.15, 0.2) is 65.1 Å². The first-order valence-corrected chi connectivity index (χ1v) is 12.7. The smallest absolute Gasteiger partial charge is 0.261 e. The molecule has 0 radical (unpaired) electrons. The normalized spacial score (nSPS) is 11.8. The number of nitrogens with zero attached hydrogens (tertiary/aromatic N) is 1. The van der Waals surface area contributed by atoms with Crippen LogP contribution < -0.4 is 10.1 Å². The minimum Gasteiger partial charge on any atom is -0.483 e. The maximum atomic E-state index is 13.4. The molecule has 1 N–H and O–H groups in total. The molecule has 0 aliphatic carbocycles. The van der Waals surface area contributed by atoms with Gasteiger partial charge >= 0.3 is 0 Å². The van der Waals surface area contributed by atoms with Crippen molar-refractivity contribution in [2.75, 3.05) is 13.2 Å². The summed E-state index contributed by atoms with van der Waals surface area (Å²) in [7, 11) is 0. The molecule has 2 amide bonds. The van der Waals surface area contributed by atoms with Crippen molar-refractivity contribution in [2.24, 2.45) is 0 Å². The Labute approximate surface area is 210 Å². The molecule has 0 saturated heterocycles. The highest BCUT2D eigenvalue weighted by Gasteiger charge is 2.29. The predicted molar refractivity (Wildman–Crippen MR) is 141 cm³/mol. The van der Waals surface area contributed by atoms with Gasteiger partial charge in [0.2, 0.25) is 5.91 Å². The van der Waals surface area contributed by atoms with E-state index < -0.39 is 6.04 Å². The minimum absolute atomic E-state index is 0.121. The van der Waals surface area contributed by atoms with E-state index in [2.05, 4.69) is 28.2 Å². The van der Waals surface area contributed by atoms with Gasteiger partial charge in [-0.05, 0) is 58.1 Å². The Morgan fingerprint density at radius 1 is 1.06 bits per heavy atom. The summed E-state index contributed by atoms with van der Waals surface area (Å²) in [5.74, 6) is 0.255. The lowest BCUT2D eigenvalue weighted by Crippen LogP contribution is -2.50. The number of fused-ring (bicyclic) bond motifs is 1. The molecule has 0 aliphatic heterocycles. The number of unbranched alkanes of at least 4 members (excludes halogenated alkanes) is 1. The van der Waals surface area contributed by atoms with E-state index in [0.29, 0.717) is 25.3 Å². The molecule has 0 saturated carbocycles. The van der Waals surface area contributed by atoms with E-state index in [4.69, 9.17) is 4.74 Å². The second-order valence-electron chi connectivity index (χ2n) is 8.47. The zero-order valence-electron chi connectivity index (χ0n) is 20.1. The minimum atomic E-state index is -0.562. The largest absolute Gasteiger partial charge is 0.483 e. The van der Waals surface area contributed by atoms with Gasteiger partial charge in [0, 0.05) is 13.1 Å². The van der Waals surface area contributed by atoms with Crippen LogP contribution in [0.2, 0.25) is 0 Å². The molecule has 3 aromatic rings. The second-order valence-corrected chi connectivity index (χ2v) is 9.26. The number of carbonyl (C=O) groups excluding carboxylic acids is 2. The van der Waals surface area contributed by atoms with Crippen molar-refractivity contribution in [3.8, 4) is 5.75 Å². The van der Waals surface area contributed by atoms with Gasteiger partial charge in [-0.1, -0.05) is 80.4 Å². The molecular formula is C28H33BrN2O3. The molecule has 5 nitrogen and oxygen atoms in total. The van der Waals surface area contributed by atoms with E-state index >= 15 is 0 Å². The summed E-state index contributed by atoms with van der Waals surface area (Å²) in [4.78, 5) is 28.0. The molecule has 180 valence electrons. The molecule has 3 rings (SSSR count). The average Bonchev–Trinajstić information content (AvgIpc) is 2.83. The molecular weight excluding hydrogens is 492 g/mol. The SMILES string of the molecule is CCCCNC(=O)[C@H](CC)N(Cc1cccc(C)c1)C(=O)COc1ccc2ccccc2c1Br. The van der Waals surface area contributed by atoms with Crippen molar-refractivity contribution in [3.63, 3.8) is 0 Å². The van der Waals surface area contributed by atoms with Gasteiger partial charge in [0.15, 0.2) is 6.61 Å². The summed E-state index contributed by atoms with van der Waals surface area (Å²) in [6, 6.07) is 19.3. The van der Waals surface area contributed by atoms with Gasteiger partial charge in [0.1, 0.15) is 11.8 Å². The van der Waals surface area contributed by atoms with Crippen molar-refractivity contribution < 1.29 is 14.3 Å². The number of halogens is 1. The van der Waals surface area contributed by atoms with Crippen LogP contribution in [-0.4, -0.2) is 35.9 Å². The number of benzene rings is 3. The molecule has 3 aromatic carbocycles. The van der Waals surface area contributed by atoms with Crippen LogP contribution in [0.25, 0.3) is 10.8 Å². The maximum Gasteiger partial charge on any atom is 0.261 e. The number of ether oxygens (including phenoxy) is 1. The molecule has 0 bridgehead atoms. The number of hydrogen-bond donors (Lipinski definition) is 1. The number of amides is 2. The van der Waals surface area contributed by atoms with Gasteiger partial charge in [0.25, 0.3) is 5.91 Å². The number of hydrogen-bond acceptors (Lipinski definition) is 3. The van der Waals surface area contributed by atoms with Gasteiger partial charge in [-0.25, -0.2) is 0 Å². The van der Waals surface area contributed by atoms with E-state index in [0.717, 1.165) is 39.2 Å². The second kappa shape index (κ2) is 12.6. The summed E-state index contributed by atoms with van der Waals surface area (Å²) < 4.78 is 6.77. The fraction of sp³-hybridized carbons (Fsp3) is 0.357. The Morgan fingerprint density at radius 2 is 1.85 bits per heavy atom. The van der Waals surface area contributed by atoms with Crippen LogP contribution in [0, 0.1) is 6.92 Å². The van der Waals surface area contributed by atoms with Gasteiger partial charge in [0.05, 0.1) is 4.47 Å². The molecule has 0 fully saturated rings. The first kappa shape index (κ1) is 25.8. The lowest BCUT2D eigenvalue weighted by molar-refractivity contribution is -0.143. The Bertz CT molecular complexity index is 1130. The summed E-state index contributed by atoms with van der Waals surface area (Å²) in [6.07, 6.45) is 2.43. The van der Waals surface area contributed by atoms with Crippen molar-refractivity contribution >= 4 is 38.5 Å². The summed E-state index contributed by atoms with van der Waals surface area (Å²) >= 11 is 3.62. The maximum absolute atomic E-state index is 13.4. The van der Waals surface area contributed by atoms with Crippen molar-refractivity contribution in [3.05, 3.63) is 76.3 Å². The third-order valence-corrected chi connectivity index (χ3v) is 6.65. The summed E-state index contributed by atoms with van der Waals surface area (Å²) in [5, 5.41) is 5.10. The first-order chi connectivity index (χ1) is 16.4. The van der Waals surface area contributed by atoms with Crippen LogP contribution in [0.5, 0.6) is 5.75 Å². The first-order valence-electron chi connectivity index (χ1n) is 11.9. The van der Waals surface area contributed by atoms with Crippen molar-refractivity contribution in [1.82, 2.24) is 10.2 Å². The highest BCUT2D eigenvalue weighted by atomic mass is 79.9. The van der Waals surface area contributed by atoms with Crippen LogP contribution in [0.1, 0.15) is 44.2 Å². The monoisotopic (exact) mass is 524 g/mol. The molecule has 0 unspecified atom stereocenters. The number of aryl methyl sites for hydroxylation is 1. The van der Waals surface area contributed by atoms with Gasteiger partial charge in [-0.15, -0.1) is 0 Å². The van der Waals surface area contributed by atoms with Crippen LogP contribution >= 0.6 is 15.9 Å². The fourth-order valence-electron chi connectivity index (χ4n) is 3.98. The topological polar surface area (TPSA) is 58.6 Å². The van der Waals surface area contributed by atoms with E-state index in [1.807, 2.05) is 74.5 Å². The molecule has 0 aromatic heterocycles. The Morgan fingerprint density at radius 3 is 2.59 bits per heavy atom. The third kappa shape index (κ3) is 6.60. The zero-order valence-corrected chi connectivity index (χ0v) is 21.7. The average molecular weight is 525 g/mol. The fourth-order valence-corrected chi connectivity index (χ4v) is 4.59. The molecule has 34 heavy (non-hydrogen) atoms. The number of carbonyl (C=O) groups is 2. The van der Waals surface area contributed by atoms with Crippen LogP contribution in [0.4, 0.5) is 0 Å². The Hall–Kier alpha value is -2.86. The van der Waals surface area contributed by atoms with E-state index in [1.54, 1.807) is 4.90 Å². The van der Waals surface area contributed by atoms with Gasteiger partial charge < -0.3 is 15.0 Å². The lowest BCUT2D eigenvalue weighted by Gasteiger charge is -2.30. The third-order valence-electron chi connectivity index (χ3n) is 5.83. The molecule has 1 atom stereocenters. The highest BCUT2D eigenvalue weighted by Crippen LogP contribution is 2.33. The zero-order chi connectivity index (χ0) is 24.5. The Balaban J connectivity index is 1.80. The highest BCUT2D eigenvalue weighted by molar-refractivity contribution is 9.10. The summed E-state index contributed by atoms with van der Waals surface area (Å²) in [5.41, 5.74) is 2.10.